The molecule has 0 bridgehead atoms. The molecule has 138 valence electrons. The maximum Gasteiger partial charge on any atom is 0.255 e. The van der Waals surface area contributed by atoms with Crippen LogP contribution in [0.25, 0.3) is 0 Å². The van der Waals surface area contributed by atoms with Crippen molar-refractivity contribution in [3.8, 4) is 0 Å². The zero-order valence-corrected chi connectivity index (χ0v) is 15.4. The van der Waals surface area contributed by atoms with Gasteiger partial charge in [0.05, 0.1) is 11.1 Å². The minimum Gasteiger partial charge on any atom is -0.364 e. The van der Waals surface area contributed by atoms with Crippen molar-refractivity contribution in [1.29, 1.82) is 0 Å². The molecule has 2 amide bonds. The lowest BCUT2D eigenvalue weighted by Crippen LogP contribution is -2.46. The zero-order chi connectivity index (χ0) is 17.9. The molecular weight excluding hydrogens is 328 g/mol. The minimum absolute atomic E-state index is 0.0512. The second-order valence-corrected chi connectivity index (χ2v) is 8.64. The van der Waals surface area contributed by atoms with Crippen LogP contribution in [-0.4, -0.2) is 57.8 Å². The first kappa shape index (κ1) is 16.1. The molecule has 1 N–H and O–H groups in total. The molecule has 5 rings (SSSR count). The summed E-state index contributed by atoms with van der Waals surface area (Å²) in [6.45, 7) is 1.36. The van der Waals surface area contributed by atoms with E-state index >= 15 is 0 Å². The number of nitrogens with zero attached hydrogens (tertiary/aromatic N) is 3. The van der Waals surface area contributed by atoms with Gasteiger partial charge in [-0.2, -0.15) is 0 Å². The average Bonchev–Trinajstić information content (AvgIpc) is 3.24. The molecule has 1 aromatic heterocycles. The normalized spacial score (nSPS) is 29.0. The second kappa shape index (κ2) is 5.44. The van der Waals surface area contributed by atoms with Gasteiger partial charge in [-0.3, -0.25) is 9.59 Å². The Kier molecular flexibility index (Phi) is 3.37. The number of nitrogens with one attached hydrogen (secondary N) is 1. The predicted molar refractivity (Wildman–Crippen MR) is 98.0 cm³/mol. The summed E-state index contributed by atoms with van der Waals surface area (Å²) < 4.78 is 0. The highest BCUT2D eigenvalue weighted by atomic mass is 16.2. The third-order valence-electron chi connectivity index (χ3n) is 7.06. The van der Waals surface area contributed by atoms with Crippen LogP contribution in [-0.2, 0) is 11.2 Å². The van der Waals surface area contributed by atoms with E-state index < -0.39 is 0 Å². The highest BCUT2D eigenvalue weighted by Gasteiger charge is 2.49. The summed E-state index contributed by atoms with van der Waals surface area (Å²) in [6.07, 6.45) is 9.87. The molecule has 3 aliphatic heterocycles. The highest BCUT2D eigenvalue weighted by Crippen LogP contribution is 2.45. The lowest BCUT2D eigenvalue weighted by molar-refractivity contribution is -0.129. The van der Waals surface area contributed by atoms with Crippen molar-refractivity contribution in [2.75, 3.05) is 25.5 Å². The molecule has 6 heteroatoms. The number of carbonyl (C=O) groups is 2. The molecule has 1 saturated carbocycles. The number of likely N-dealkylation sites (tertiary alicyclic amines) is 2. The lowest BCUT2D eigenvalue weighted by atomic mass is 9.96. The fraction of sp³-hybridized carbons (Fsp3) is 0.650. The Hall–Kier alpha value is -2.11. The third-order valence-corrected chi connectivity index (χ3v) is 7.06. The summed E-state index contributed by atoms with van der Waals surface area (Å²) >= 11 is 0. The van der Waals surface area contributed by atoms with E-state index in [4.69, 9.17) is 0 Å². The van der Waals surface area contributed by atoms with Gasteiger partial charge in [-0.1, -0.05) is 0 Å². The summed E-state index contributed by atoms with van der Waals surface area (Å²) in [4.78, 5) is 33.4. The fourth-order valence-corrected chi connectivity index (χ4v) is 5.02. The van der Waals surface area contributed by atoms with E-state index in [-0.39, 0.29) is 22.9 Å². The van der Waals surface area contributed by atoms with Gasteiger partial charge in [-0.05, 0) is 56.6 Å². The van der Waals surface area contributed by atoms with Crippen molar-refractivity contribution in [3.05, 3.63) is 23.4 Å². The van der Waals surface area contributed by atoms with E-state index in [1.54, 1.807) is 6.20 Å². The molecule has 4 aliphatic rings. The SMILES string of the molecule is CN1C(=O)CC[C@]12CCN(C(=O)c1cnc3c(c1)CCCC1(CC1)N3)C2. The van der Waals surface area contributed by atoms with Crippen LogP contribution >= 0.6 is 0 Å². The van der Waals surface area contributed by atoms with Crippen LogP contribution in [0.2, 0.25) is 0 Å². The molecular formula is C20H26N4O2. The molecule has 1 aliphatic carbocycles. The van der Waals surface area contributed by atoms with Crippen LogP contribution < -0.4 is 5.32 Å². The molecule has 26 heavy (non-hydrogen) atoms. The molecule has 1 aromatic rings. The van der Waals surface area contributed by atoms with Gasteiger partial charge >= 0.3 is 0 Å². The van der Waals surface area contributed by atoms with Crippen LogP contribution in [0.4, 0.5) is 5.82 Å². The first-order valence-electron chi connectivity index (χ1n) is 9.83. The van der Waals surface area contributed by atoms with Crippen LogP contribution in [0.5, 0.6) is 0 Å². The Labute approximate surface area is 153 Å². The van der Waals surface area contributed by atoms with E-state index in [2.05, 4.69) is 10.3 Å². The maximum absolute atomic E-state index is 13.0. The van der Waals surface area contributed by atoms with Gasteiger partial charge in [0, 0.05) is 38.3 Å². The van der Waals surface area contributed by atoms with Crippen LogP contribution in [0.3, 0.4) is 0 Å². The van der Waals surface area contributed by atoms with Crippen LogP contribution in [0, 0.1) is 0 Å². The molecule has 6 nitrogen and oxygen atoms in total. The van der Waals surface area contributed by atoms with Gasteiger partial charge in [-0.25, -0.2) is 4.98 Å². The first-order chi connectivity index (χ1) is 12.5. The van der Waals surface area contributed by atoms with Crippen molar-refractivity contribution < 1.29 is 9.59 Å². The van der Waals surface area contributed by atoms with Gasteiger partial charge < -0.3 is 15.1 Å². The molecule has 2 saturated heterocycles. The average molecular weight is 354 g/mol. The fourth-order valence-electron chi connectivity index (χ4n) is 5.02. The van der Waals surface area contributed by atoms with Crippen molar-refractivity contribution in [2.45, 2.75) is 62.4 Å². The van der Waals surface area contributed by atoms with E-state index in [9.17, 15) is 9.59 Å². The quantitative estimate of drug-likeness (QED) is 0.840. The van der Waals surface area contributed by atoms with Gasteiger partial charge in [-0.15, -0.1) is 0 Å². The predicted octanol–water partition coefficient (Wildman–Crippen LogP) is 2.20. The highest BCUT2D eigenvalue weighted by molar-refractivity contribution is 5.95. The maximum atomic E-state index is 13.0. The number of aromatic nitrogens is 1. The van der Waals surface area contributed by atoms with Crippen LogP contribution in [0.15, 0.2) is 12.3 Å². The zero-order valence-electron chi connectivity index (χ0n) is 15.4. The summed E-state index contributed by atoms with van der Waals surface area (Å²) in [5, 5.41) is 3.62. The van der Waals surface area contributed by atoms with Crippen molar-refractivity contribution >= 4 is 17.6 Å². The largest absolute Gasteiger partial charge is 0.364 e. The Morgan fingerprint density at radius 1 is 1.19 bits per heavy atom. The Balaban J connectivity index is 1.35. The lowest BCUT2D eigenvalue weighted by Gasteiger charge is -2.31. The smallest absolute Gasteiger partial charge is 0.255 e. The molecule has 0 radical (unpaired) electrons. The summed E-state index contributed by atoms with van der Waals surface area (Å²) in [5.74, 6) is 1.22. The number of hydrogen-bond donors (Lipinski definition) is 1. The summed E-state index contributed by atoms with van der Waals surface area (Å²) in [5.41, 5.74) is 1.99. The standard InChI is InChI=1S/C20H26N4O2/c1-23-16(25)4-6-20(23)9-10-24(13-20)18(26)15-11-14-3-2-5-19(7-8-19)22-17(14)21-12-15/h11-12H,2-10,13H2,1H3,(H,21,22)/t20-/m1/s1. The molecule has 0 aromatic carbocycles. The number of likely N-dealkylation sites (N-methyl/N-ethyl adjacent to an activating group) is 1. The third kappa shape index (κ3) is 2.42. The molecule has 2 spiro atoms. The van der Waals surface area contributed by atoms with Gasteiger partial charge in [0.15, 0.2) is 0 Å². The van der Waals surface area contributed by atoms with Gasteiger partial charge in [0.25, 0.3) is 5.91 Å². The van der Waals surface area contributed by atoms with Crippen molar-refractivity contribution in [3.63, 3.8) is 0 Å². The number of carbonyl (C=O) groups excluding carboxylic acids is 2. The Morgan fingerprint density at radius 2 is 2.04 bits per heavy atom. The number of rotatable bonds is 1. The Morgan fingerprint density at radius 3 is 2.77 bits per heavy atom. The first-order valence-corrected chi connectivity index (χ1v) is 9.83. The number of aryl methyl sites for hydroxylation is 1. The van der Waals surface area contributed by atoms with Gasteiger partial charge in [0.2, 0.25) is 5.91 Å². The molecule has 0 unspecified atom stereocenters. The second-order valence-electron chi connectivity index (χ2n) is 8.64. The Bertz CT molecular complexity index is 788. The number of pyridine rings is 1. The van der Waals surface area contributed by atoms with Crippen molar-refractivity contribution in [2.24, 2.45) is 0 Å². The minimum atomic E-state index is -0.147. The van der Waals surface area contributed by atoms with E-state index in [0.717, 1.165) is 38.0 Å². The molecule has 4 heterocycles. The number of fused-ring (bicyclic) bond motifs is 1. The monoisotopic (exact) mass is 354 g/mol. The van der Waals surface area contributed by atoms with Crippen molar-refractivity contribution in [1.82, 2.24) is 14.8 Å². The summed E-state index contributed by atoms with van der Waals surface area (Å²) in [6, 6.07) is 2.04. The number of amides is 2. The van der Waals surface area contributed by atoms with Crippen LogP contribution in [0.1, 0.15) is 60.9 Å². The van der Waals surface area contributed by atoms with E-state index in [1.165, 1.54) is 24.8 Å². The molecule has 1 atom stereocenters. The number of hydrogen-bond acceptors (Lipinski definition) is 4. The number of anilines is 1. The topological polar surface area (TPSA) is 65.5 Å². The van der Waals surface area contributed by atoms with Gasteiger partial charge in [0.1, 0.15) is 5.82 Å². The van der Waals surface area contributed by atoms with E-state index in [0.29, 0.717) is 18.5 Å². The summed E-state index contributed by atoms with van der Waals surface area (Å²) in [7, 11) is 1.88. The van der Waals surface area contributed by atoms with E-state index in [1.807, 2.05) is 22.9 Å². The molecule has 3 fully saturated rings.